The predicted molar refractivity (Wildman–Crippen MR) is 149 cm³/mol. The van der Waals surface area contributed by atoms with E-state index in [9.17, 15) is 9.18 Å². The van der Waals surface area contributed by atoms with Gasteiger partial charge in [0, 0.05) is 85.8 Å². The zero-order valence-electron chi connectivity index (χ0n) is 22.6. The molecule has 2 aliphatic rings. The first-order valence-electron chi connectivity index (χ1n) is 13.3. The number of hydrogen-bond acceptors (Lipinski definition) is 8. The number of likely N-dealkylation sites (tertiary alicyclic amines) is 1. The van der Waals surface area contributed by atoms with Gasteiger partial charge in [-0.1, -0.05) is 0 Å². The maximum absolute atomic E-state index is 14.7. The van der Waals surface area contributed by atoms with Crippen LogP contribution in [0.1, 0.15) is 24.2 Å². The van der Waals surface area contributed by atoms with E-state index in [4.69, 9.17) is 9.72 Å². The summed E-state index contributed by atoms with van der Waals surface area (Å²) in [6.45, 7) is 8.43. The fraction of sp³-hybridized carbons (Fsp3) is 0.429. The number of anilines is 2. The molecule has 2 N–H and O–H groups in total. The fourth-order valence-corrected chi connectivity index (χ4v) is 5.75. The summed E-state index contributed by atoms with van der Waals surface area (Å²) in [5, 5.41) is 11.9. The number of carbonyl (C=O) groups is 1. The highest BCUT2D eigenvalue weighted by atomic mass is 19.1. The number of ether oxygens (including phenoxy) is 1. The van der Waals surface area contributed by atoms with Crippen LogP contribution in [0.3, 0.4) is 0 Å². The highest BCUT2D eigenvalue weighted by Gasteiger charge is 2.26. The summed E-state index contributed by atoms with van der Waals surface area (Å²) >= 11 is 0. The van der Waals surface area contributed by atoms with Crippen molar-refractivity contribution in [3.8, 4) is 6.01 Å². The Hall–Kier alpha value is -3.83. The first-order valence-corrected chi connectivity index (χ1v) is 13.3. The van der Waals surface area contributed by atoms with Gasteiger partial charge in [0.1, 0.15) is 5.52 Å². The summed E-state index contributed by atoms with van der Waals surface area (Å²) in [7, 11) is 3.80. The molecule has 2 aromatic heterocycles. The maximum Gasteiger partial charge on any atom is 0.316 e. The summed E-state index contributed by atoms with van der Waals surface area (Å²) in [6, 6.07) is 7.59. The van der Waals surface area contributed by atoms with E-state index >= 15 is 0 Å². The first kappa shape index (κ1) is 25.4. The third kappa shape index (κ3) is 5.11. The number of benzene rings is 2. The number of halogens is 1. The van der Waals surface area contributed by atoms with Crippen molar-refractivity contribution in [2.75, 3.05) is 50.1 Å². The zero-order valence-corrected chi connectivity index (χ0v) is 22.6. The molecule has 4 heterocycles. The standard InChI is InChI=1S/C28H33FN8O2/c1-16-10-37(11-17(2)31-16)24-6-5-21(26-22(24)9-30-28(33-26)39-15-18-12-35(3)13-18)27(38)32-20-7-19-14-36(4)34-25(19)23(29)8-20/h5-9,14,16-18,31H,10-13,15H2,1-4H3,(H,32,38)/t16-,17-/m1/s1. The van der Waals surface area contributed by atoms with Crippen LogP contribution >= 0.6 is 0 Å². The number of amides is 1. The van der Waals surface area contributed by atoms with Crippen LogP contribution in [0.15, 0.2) is 36.7 Å². The number of nitrogens with zero attached hydrogens (tertiary/aromatic N) is 6. The molecule has 2 saturated heterocycles. The van der Waals surface area contributed by atoms with E-state index in [-0.39, 0.29) is 17.4 Å². The molecule has 6 rings (SSSR count). The maximum atomic E-state index is 14.7. The van der Waals surface area contributed by atoms with Crippen LogP contribution in [0.2, 0.25) is 0 Å². The lowest BCUT2D eigenvalue weighted by Gasteiger charge is -2.38. The Balaban J connectivity index is 1.35. The number of carbonyl (C=O) groups excluding carboxylic acids is 1. The average molecular weight is 533 g/mol. The van der Waals surface area contributed by atoms with Crippen LogP contribution in [0.4, 0.5) is 15.8 Å². The van der Waals surface area contributed by atoms with Gasteiger partial charge in [0.2, 0.25) is 0 Å². The van der Waals surface area contributed by atoms with E-state index in [1.807, 2.05) is 6.07 Å². The van der Waals surface area contributed by atoms with Crippen molar-refractivity contribution < 1.29 is 13.9 Å². The second-order valence-electron chi connectivity index (χ2n) is 11.0. The van der Waals surface area contributed by atoms with Crippen LogP contribution in [-0.2, 0) is 7.05 Å². The Bertz CT molecular complexity index is 1540. The summed E-state index contributed by atoms with van der Waals surface area (Å²) in [5.74, 6) is -0.448. The molecule has 0 bridgehead atoms. The molecule has 4 aromatic rings. The minimum Gasteiger partial charge on any atom is -0.463 e. The molecule has 10 nitrogen and oxygen atoms in total. The smallest absolute Gasteiger partial charge is 0.316 e. The highest BCUT2D eigenvalue weighted by Crippen LogP contribution is 2.31. The first-order chi connectivity index (χ1) is 18.7. The van der Waals surface area contributed by atoms with Crippen molar-refractivity contribution in [1.29, 1.82) is 0 Å². The number of aryl methyl sites for hydroxylation is 1. The quantitative estimate of drug-likeness (QED) is 0.391. The van der Waals surface area contributed by atoms with Gasteiger partial charge >= 0.3 is 6.01 Å². The lowest BCUT2D eigenvalue weighted by atomic mass is 10.0. The molecule has 0 radical (unpaired) electrons. The number of piperazine rings is 1. The van der Waals surface area contributed by atoms with Gasteiger partial charge in [-0.3, -0.25) is 9.48 Å². The SMILES string of the molecule is C[C@@H]1CN(c2ccc(C(=O)Nc3cc(F)c4nn(C)cc4c3)c3nc(OCC4CN(C)C4)ncc23)C[C@@H](C)N1. The molecule has 2 aliphatic heterocycles. The van der Waals surface area contributed by atoms with E-state index in [1.54, 1.807) is 36.3 Å². The second kappa shape index (κ2) is 10.0. The topological polar surface area (TPSA) is 100 Å². The fourth-order valence-electron chi connectivity index (χ4n) is 5.75. The molecular formula is C28H33FN8O2. The molecule has 2 atom stereocenters. The van der Waals surface area contributed by atoms with Gasteiger partial charge in [0.25, 0.3) is 5.91 Å². The van der Waals surface area contributed by atoms with Gasteiger partial charge in [-0.2, -0.15) is 10.1 Å². The minimum atomic E-state index is -0.495. The number of fused-ring (bicyclic) bond motifs is 2. The van der Waals surface area contributed by atoms with E-state index in [0.29, 0.717) is 46.8 Å². The Morgan fingerprint density at radius 3 is 2.64 bits per heavy atom. The molecule has 2 fully saturated rings. The third-order valence-electron chi connectivity index (χ3n) is 7.37. The van der Waals surface area contributed by atoms with E-state index < -0.39 is 5.82 Å². The summed E-state index contributed by atoms with van der Waals surface area (Å²) in [5.41, 5.74) is 2.45. The molecule has 39 heavy (non-hydrogen) atoms. The van der Waals surface area contributed by atoms with Gasteiger partial charge < -0.3 is 25.2 Å². The van der Waals surface area contributed by atoms with Crippen LogP contribution in [0.25, 0.3) is 21.8 Å². The van der Waals surface area contributed by atoms with Crippen LogP contribution in [0, 0.1) is 11.7 Å². The Kier molecular flexibility index (Phi) is 6.56. The van der Waals surface area contributed by atoms with Crippen LogP contribution in [0.5, 0.6) is 6.01 Å². The zero-order chi connectivity index (χ0) is 27.3. The lowest BCUT2D eigenvalue weighted by Crippen LogP contribution is -2.54. The van der Waals surface area contributed by atoms with Crippen molar-refractivity contribution in [2.24, 2.45) is 13.0 Å². The van der Waals surface area contributed by atoms with E-state index in [0.717, 1.165) is 37.3 Å². The molecular weight excluding hydrogens is 499 g/mol. The van der Waals surface area contributed by atoms with Crippen molar-refractivity contribution in [3.05, 3.63) is 48.0 Å². The second-order valence-corrected chi connectivity index (χ2v) is 11.0. The molecule has 0 saturated carbocycles. The van der Waals surface area contributed by atoms with Gasteiger partial charge in [-0.15, -0.1) is 0 Å². The Morgan fingerprint density at radius 1 is 1.13 bits per heavy atom. The van der Waals surface area contributed by atoms with Crippen LogP contribution in [-0.4, -0.2) is 82.5 Å². The molecule has 1 amide bonds. The summed E-state index contributed by atoms with van der Waals surface area (Å²) < 4.78 is 22.2. The average Bonchev–Trinajstić information content (AvgIpc) is 3.25. The molecule has 204 valence electrons. The summed E-state index contributed by atoms with van der Waals surface area (Å²) in [4.78, 5) is 27.3. The minimum absolute atomic E-state index is 0.244. The van der Waals surface area contributed by atoms with Crippen molar-refractivity contribution in [3.63, 3.8) is 0 Å². The van der Waals surface area contributed by atoms with Gasteiger partial charge in [-0.25, -0.2) is 9.37 Å². The molecule has 2 aromatic carbocycles. The molecule has 11 heteroatoms. The normalized spacial score (nSPS) is 20.4. The molecule has 0 spiro atoms. The van der Waals surface area contributed by atoms with Gasteiger partial charge in [-0.05, 0) is 45.2 Å². The third-order valence-corrected chi connectivity index (χ3v) is 7.37. The van der Waals surface area contributed by atoms with E-state index in [2.05, 4.69) is 51.4 Å². The Morgan fingerprint density at radius 2 is 1.90 bits per heavy atom. The van der Waals surface area contributed by atoms with Crippen molar-refractivity contribution >= 4 is 39.1 Å². The largest absolute Gasteiger partial charge is 0.463 e. The number of hydrogen-bond donors (Lipinski definition) is 2. The number of rotatable bonds is 6. The Labute approximate surface area is 226 Å². The molecule has 0 unspecified atom stereocenters. The van der Waals surface area contributed by atoms with Crippen molar-refractivity contribution in [1.82, 2.24) is 30.0 Å². The van der Waals surface area contributed by atoms with E-state index in [1.165, 1.54) is 6.07 Å². The van der Waals surface area contributed by atoms with Gasteiger partial charge in [0.15, 0.2) is 5.82 Å². The van der Waals surface area contributed by atoms with Gasteiger partial charge in [0.05, 0.1) is 17.7 Å². The van der Waals surface area contributed by atoms with Crippen molar-refractivity contribution in [2.45, 2.75) is 25.9 Å². The highest BCUT2D eigenvalue weighted by molar-refractivity contribution is 6.14. The lowest BCUT2D eigenvalue weighted by molar-refractivity contribution is 0.0819. The van der Waals surface area contributed by atoms with Crippen LogP contribution < -0.4 is 20.3 Å². The monoisotopic (exact) mass is 532 g/mol. The number of nitrogens with one attached hydrogen (secondary N) is 2. The number of aromatic nitrogens is 4. The predicted octanol–water partition coefficient (Wildman–Crippen LogP) is 3.03. The molecule has 0 aliphatic carbocycles. The summed E-state index contributed by atoms with van der Waals surface area (Å²) in [6.07, 6.45) is 3.46.